The van der Waals surface area contributed by atoms with Crippen molar-refractivity contribution in [3.05, 3.63) is 94.0 Å². The molecule has 0 fully saturated rings. The van der Waals surface area contributed by atoms with Crippen LogP contribution < -0.4 is 10.6 Å². The molecule has 1 aliphatic rings. The zero-order valence-corrected chi connectivity index (χ0v) is 17.6. The van der Waals surface area contributed by atoms with Gasteiger partial charge in [0.05, 0.1) is 33.6 Å². The molecule has 5 rings (SSSR count). The van der Waals surface area contributed by atoms with Crippen LogP contribution in [0.25, 0.3) is 22.2 Å². The molecule has 0 saturated heterocycles. The van der Waals surface area contributed by atoms with Crippen LogP contribution in [0.3, 0.4) is 0 Å². The van der Waals surface area contributed by atoms with E-state index in [2.05, 4.69) is 26.6 Å². The maximum atomic E-state index is 13.3. The number of amides is 3. The first-order chi connectivity index (χ1) is 15.0. The third-order valence-corrected chi connectivity index (χ3v) is 5.59. The number of rotatable bonds is 3. The number of nitrogens with one attached hydrogen (secondary N) is 2. The summed E-state index contributed by atoms with van der Waals surface area (Å²) in [5.74, 6) is -1.39. The topological polar surface area (TPSA) is 88.2 Å². The average molecular weight is 472 g/mol. The number of hydrogen-bond acceptors (Lipinski definition) is 4. The van der Waals surface area contributed by atoms with Crippen molar-refractivity contribution in [3.8, 4) is 11.3 Å². The van der Waals surface area contributed by atoms with E-state index < -0.39 is 17.7 Å². The lowest BCUT2D eigenvalue weighted by Gasteiger charge is -2.12. The van der Waals surface area contributed by atoms with Gasteiger partial charge in [0.15, 0.2) is 0 Å². The van der Waals surface area contributed by atoms with Crippen molar-refractivity contribution in [3.63, 3.8) is 0 Å². The maximum absolute atomic E-state index is 13.3. The van der Waals surface area contributed by atoms with Gasteiger partial charge in [-0.2, -0.15) is 0 Å². The molecule has 3 amide bonds. The summed E-state index contributed by atoms with van der Waals surface area (Å²) in [5.41, 5.74) is 3.31. The molecule has 0 aliphatic carbocycles. The van der Waals surface area contributed by atoms with Crippen molar-refractivity contribution in [1.82, 2.24) is 10.3 Å². The average Bonchev–Trinajstić information content (AvgIpc) is 3.07. The summed E-state index contributed by atoms with van der Waals surface area (Å²) in [4.78, 5) is 42.1. The Hall–Kier alpha value is -3.84. The number of carbonyl (C=O) groups excluding carboxylic acids is 3. The third kappa shape index (κ3) is 3.39. The largest absolute Gasteiger partial charge is 0.321 e. The fourth-order valence-corrected chi connectivity index (χ4v) is 4.07. The van der Waals surface area contributed by atoms with Gasteiger partial charge in [0, 0.05) is 15.4 Å². The molecule has 0 radical (unpaired) electrons. The summed E-state index contributed by atoms with van der Waals surface area (Å²) in [5, 5.41) is 5.75. The van der Waals surface area contributed by atoms with E-state index in [1.807, 2.05) is 48.5 Å². The number of halogens is 1. The van der Waals surface area contributed by atoms with Gasteiger partial charge in [-0.1, -0.05) is 52.3 Å². The molecule has 1 aromatic heterocycles. The zero-order valence-electron chi connectivity index (χ0n) is 16.0. The van der Waals surface area contributed by atoms with E-state index in [0.717, 1.165) is 10.0 Å². The van der Waals surface area contributed by atoms with Crippen molar-refractivity contribution in [2.75, 3.05) is 5.32 Å². The first kappa shape index (κ1) is 19.1. The van der Waals surface area contributed by atoms with E-state index in [-0.39, 0.29) is 16.8 Å². The van der Waals surface area contributed by atoms with Gasteiger partial charge in [-0.05, 0) is 36.4 Å². The Labute approximate surface area is 185 Å². The van der Waals surface area contributed by atoms with Gasteiger partial charge in [-0.3, -0.25) is 19.7 Å². The maximum Gasteiger partial charge on any atom is 0.261 e. The molecule has 31 heavy (non-hydrogen) atoms. The molecule has 0 unspecified atom stereocenters. The van der Waals surface area contributed by atoms with Crippen molar-refractivity contribution in [1.29, 1.82) is 0 Å². The molecule has 0 atom stereocenters. The first-order valence-electron chi connectivity index (χ1n) is 9.47. The van der Waals surface area contributed by atoms with Crippen LogP contribution in [0.4, 0.5) is 5.69 Å². The lowest BCUT2D eigenvalue weighted by atomic mass is 10.0. The Kier molecular flexibility index (Phi) is 4.60. The van der Waals surface area contributed by atoms with Crippen molar-refractivity contribution >= 4 is 50.2 Å². The quantitative estimate of drug-likeness (QED) is 0.420. The summed E-state index contributed by atoms with van der Waals surface area (Å²) in [6.45, 7) is 0. The lowest BCUT2D eigenvalue weighted by Crippen LogP contribution is -2.21. The smallest absolute Gasteiger partial charge is 0.261 e. The highest BCUT2D eigenvalue weighted by atomic mass is 79.9. The number of para-hydroxylation sites is 1. The van der Waals surface area contributed by atoms with Crippen LogP contribution in [0.5, 0.6) is 0 Å². The van der Waals surface area contributed by atoms with Crippen molar-refractivity contribution in [2.45, 2.75) is 0 Å². The molecule has 0 saturated carbocycles. The number of benzene rings is 3. The number of fused-ring (bicyclic) bond motifs is 2. The number of nitrogens with zero attached hydrogens (tertiary/aromatic N) is 1. The molecule has 6 nitrogen and oxygen atoms in total. The number of anilines is 1. The van der Waals surface area contributed by atoms with Gasteiger partial charge in [0.1, 0.15) is 0 Å². The van der Waals surface area contributed by atoms with E-state index in [4.69, 9.17) is 4.98 Å². The van der Waals surface area contributed by atoms with Crippen LogP contribution in [0, 0.1) is 0 Å². The van der Waals surface area contributed by atoms with Crippen LogP contribution in [0.2, 0.25) is 0 Å². The Morgan fingerprint density at radius 2 is 1.71 bits per heavy atom. The van der Waals surface area contributed by atoms with E-state index in [1.165, 1.54) is 0 Å². The minimum absolute atomic E-state index is 0.173. The molecule has 0 bridgehead atoms. The molecule has 0 spiro atoms. The third-order valence-electron chi connectivity index (χ3n) is 5.09. The van der Waals surface area contributed by atoms with Gasteiger partial charge < -0.3 is 5.32 Å². The molecule has 1 aliphatic heterocycles. The van der Waals surface area contributed by atoms with E-state index in [1.54, 1.807) is 24.3 Å². The summed E-state index contributed by atoms with van der Waals surface area (Å²) in [6.07, 6.45) is 0. The molecule has 4 aromatic rings. The van der Waals surface area contributed by atoms with Crippen LogP contribution in [0.15, 0.2) is 77.3 Å². The standard InChI is InChI=1S/C24H14BrN3O3/c25-14-6-3-5-13(11-14)20-12-17(15-7-1-2-9-18(15)26-20)23(30)27-19-10-4-8-16-21(19)24(31)28-22(16)29/h1-12H,(H,27,30)(H,28,29,31). The summed E-state index contributed by atoms with van der Waals surface area (Å²) < 4.78 is 0.904. The molecule has 3 aromatic carbocycles. The summed E-state index contributed by atoms with van der Waals surface area (Å²) in [6, 6.07) is 21.6. The molecular weight excluding hydrogens is 458 g/mol. The number of imide groups is 1. The number of hydrogen-bond donors (Lipinski definition) is 2. The van der Waals surface area contributed by atoms with Crippen molar-refractivity contribution < 1.29 is 14.4 Å². The van der Waals surface area contributed by atoms with Crippen LogP contribution in [-0.2, 0) is 0 Å². The second-order valence-corrected chi connectivity index (χ2v) is 7.96. The van der Waals surface area contributed by atoms with Gasteiger partial charge >= 0.3 is 0 Å². The monoisotopic (exact) mass is 471 g/mol. The Bertz CT molecular complexity index is 1410. The van der Waals surface area contributed by atoms with E-state index in [9.17, 15) is 14.4 Å². The van der Waals surface area contributed by atoms with Gasteiger partial charge in [-0.15, -0.1) is 0 Å². The van der Waals surface area contributed by atoms with Crippen LogP contribution >= 0.6 is 15.9 Å². The van der Waals surface area contributed by atoms with Crippen LogP contribution in [0.1, 0.15) is 31.1 Å². The normalized spacial score (nSPS) is 12.5. The minimum Gasteiger partial charge on any atom is -0.321 e. The highest BCUT2D eigenvalue weighted by Crippen LogP contribution is 2.29. The highest BCUT2D eigenvalue weighted by Gasteiger charge is 2.30. The van der Waals surface area contributed by atoms with Crippen LogP contribution in [-0.4, -0.2) is 22.7 Å². The zero-order chi connectivity index (χ0) is 21.5. The second-order valence-electron chi connectivity index (χ2n) is 7.05. The predicted molar refractivity (Wildman–Crippen MR) is 121 cm³/mol. The highest BCUT2D eigenvalue weighted by molar-refractivity contribution is 9.10. The number of carbonyl (C=O) groups is 3. The van der Waals surface area contributed by atoms with E-state index >= 15 is 0 Å². The van der Waals surface area contributed by atoms with Gasteiger partial charge in [0.2, 0.25) is 0 Å². The SMILES string of the molecule is O=C1NC(=O)c2c(NC(=O)c3cc(-c4cccc(Br)c4)nc4ccccc34)cccc21. The van der Waals surface area contributed by atoms with Gasteiger partial charge in [0.25, 0.3) is 17.7 Å². The Balaban J connectivity index is 1.61. The fraction of sp³-hybridized carbons (Fsp3) is 0. The number of pyridine rings is 1. The molecule has 150 valence electrons. The molecule has 7 heteroatoms. The molecular formula is C24H14BrN3O3. The molecule has 2 N–H and O–H groups in total. The Morgan fingerprint density at radius 1 is 0.903 bits per heavy atom. The number of aromatic nitrogens is 1. The first-order valence-corrected chi connectivity index (χ1v) is 10.3. The van der Waals surface area contributed by atoms with Crippen molar-refractivity contribution in [2.24, 2.45) is 0 Å². The second kappa shape index (κ2) is 7.45. The minimum atomic E-state index is -0.523. The summed E-state index contributed by atoms with van der Waals surface area (Å²) in [7, 11) is 0. The summed E-state index contributed by atoms with van der Waals surface area (Å²) >= 11 is 3.47. The predicted octanol–water partition coefficient (Wildman–Crippen LogP) is 4.80. The van der Waals surface area contributed by atoms with E-state index in [0.29, 0.717) is 22.2 Å². The lowest BCUT2D eigenvalue weighted by molar-refractivity contribution is 0.0879. The fourth-order valence-electron chi connectivity index (χ4n) is 3.67. The Morgan fingerprint density at radius 3 is 2.55 bits per heavy atom. The van der Waals surface area contributed by atoms with Gasteiger partial charge in [-0.25, -0.2) is 4.98 Å². The molecule has 2 heterocycles.